The van der Waals surface area contributed by atoms with E-state index in [2.05, 4.69) is 73.1 Å². The zero-order valence-electron chi connectivity index (χ0n) is 15.1. The standard InChI is InChI=1S/C20H22BrN5.HI/c1-22-20(23-13-16-7-9-19(21)10-8-16)24-14-17-5-2-3-6-18(17)15-26-12-4-11-25-26;/h2-12H,13-15H2,1H3,(H2,22,23,24);1H. The molecule has 0 unspecified atom stereocenters. The van der Waals surface area contributed by atoms with Crippen LogP contribution in [0.3, 0.4) is 0 Å². The summed E-state index contributed by atoms with van der Waals surface area (Å²) >= 11 is 3.46. The van der Waals surface area contributed by atoms with Gasteiger partial charge < -0.3 is 10.6 Å². The normalized spacial score (nSPS) is 11.0. The molecular formula is C20H23BrIN5. The van der Waals surface area contributed by atoms with Crippen LogP contribution in [-0.2, 0) is 19.6 Å². The SMILES string of the molecule is CN=C(NCc1ccc(Br)cc1)NCc1ccccc1Cn1cccn1.I. The van der Waals surface area contributed by atoms with Gasteiger partial charge in [-0.1, -0.05) is 52.3 Å². The highest BCUT2D eigenvalue weighted by atomic mass is 127. The fourth-order valence-electron chi connectivity index (χ4n) is 2.64. The van der Waals surface area contributed by atoms with Crippen molar-refractivity contribution < 1.29 is 0 Å². The van der Waals surface area contributed by atoms with Crippen molar-refractivity contribution in [1.82, 2.24) is 20.4 Å². The zero-order valence-corrected chi connectivity index (χ0v) is 19.0. The third-order valence-electron chi connectivity index (χ3n) is 4.05. The maximum atomic E-state index is 4.31. The van der Waals surface area contributed by atoms with Crippen LogP contribution < -0.4 is 10.6 Å². The minimum absolute atomic E-state index is 0. The van der Waals surface area contributed by atoms with Gasteiger partial charge in [-0.2, -0.15) is 5.10 Å². The molecule has 142 valence electrons. The van der Waals surface area contributed by atoms with E-state index in [0.29, 0.717) is 6.54 Å². The van der Waals surface area contributed by atoms with Crippen LogP contribution in [0.4, 0.5) is 0 Å². The smallest absolute Gasteiger partial charge is 0.191 e. The van der Waals surface area contributed by atoms with E-state index in [0.717, 1.165) is 23.5 Å². The highest BCUT2D eigenvalue weighted by Gasteiger charge is 2.05. The van der Waals surface area contributed by atoms with Crippen LogP contribution in [0.2, 0.25) is 0 Å². The summed E-state index contributed by atoms with van der Waals surface area (Å²) in [5.74, 6) is 0.779. The molecule has 0 saturated carbocycles. The van der Waals surface area contributed by atoms with Gasteiger partial charge in [-0.25, -0.2) is 0 Å². The number of hydrogen-bond donors (Lipinski definition) is 2. The largest absolute Gasteiger partial charge is 0.352 e. The van der Waals surface area contributed by atoms with Crippen molar-refractivity contribution in [3.63, 3.8) is 0 Å². The van der Waals surface area contributed by atoms with Gasteiger partial charge in [0.1, 0.15) is 0 Å². The van der Waals surface area contributed by atoms with Gasteiger partial charge in [-0.3, -0.25) is 9.67 Å². The first kappa shape index (κ1) is 21.4. The number of hydrogen-bond acceptors (Lipinski definition) is 2. The van der Waals surface area contributed by atoms with Crippen molar-refractivity contribution in [3.8, 4) is 0 Å². The summed E-state index contributed by atoms with van der Waals surface area (Å²) in [5.41, 5.74) is 3.68. The zero-order chi connectivity index (χ0) is 18.2. The van der Waals surface area contributed by atoms with Gasteiger partial charge in [0.25, 0.3) is 0 Å². The van der Waals surface area contributed by atoms with E-state index in [1.54, 1.807) is 13.2 Å². The first-order valence-electron chi connectivity index (χ1n) is 8.48. The van der Waals surface area contributed by atoms with Crippen LogP contribution in [0.5, 0.6) is 0 Å². The van der Waals surface area contributed by atoms with E-state index in [9.17, 15) is 0 Å². The molecule has 1 aromatic heterocycles. The molecule has 0 atom stereocenters. The molecule has 0 bridgehead atoms. The fourth-order valence-corrected chi connectivity index (χ4v) is 2.90. The minimum Gasteiger partial charge on any atom is -0.352 e. The molecular weight excluding hydrogens is 517 g/mol. The Kier molecular flexibility index (Phi) is 8.80. The van der Waals surface area contributed by atoms with E-state index in [1.807, 2.05) is 29.1 Å². The molecule has 0 amide bonds. The van der Waals surface area contributed by atoms with Gasteiger partial charge in [-0.05, 0) is 34.9 Å². The second-order valence-electron chi connectivity index (χ2n) is 5.88. The number of halogens is 2. The molecule has 0 aliphatic rings. The third-order valence-corrected chi connectivity index (χ3v) is 4.58. The van der Waals surface area contributed by atoms with Gasteiger partial charge in [0.15, 0.2) is 5.96 Å². The highest BCUT2D eigenvalue weighted by molar-refractivity contribution is 14.0. The maximum Gasteiger partial charge on any atom is 0.191 e. The van der Waals surface area contributed by atoms with Crippen molar-refractivity contribution in [2.45, 2.75) is 19.6 Å². The summed E-state index contributed by atoms with van der Waals surface area (Å²) in [4.78, 5) is 4.31. The Balaban J connectivity index is 0.00000261. The Morgan fingerprint density at radius 2 is 1.70 bits per heavy atom. The lowest BCUT2D eigenvalue weighted by atomic mass is 10.1. The Hall–Kier alpha value is -1.87. The number of nitrogens with zero attached hydrogens (tertiary/aromatic N) is 3. The maximum absolute atomic E-state index is 4.31. The van der Waals surface area contributed by atoms with Crippen molar-refractivity contribution in [1.29, 1.82) is 0 Å². The molecule has 0 aliphatic heterocycles. The number of nitrogens with one attached hydrogen (secondary N) is 2. The third kappa shape index (κ3) is 6.66. The van der Waals surface area contributed by atoms with Crippen molar-refractivity contribution >= 4 is 45.9 Å². The Morgan fingerprint density at radius 3 is 2.37 bits per heavy atom. The van der Waals surface area contributed by atoms with E-state index in [-0.39, 0.29) is 24.0 Å². The highest BCUT2D eigenvalue weighted by Crippen LogP contribution is 2.11. The first-order chi connectivity index (χ1) is 12.7. The van der Waals surface area contributed by atoms with Gasteiger partial charge in [0.2, 0.25) is 0 Å². The topological polar surface area (TPSA) is 54.2 Å². The molecule has 1 heterocycles. The number of guanidine groups is 1. The quantitative estimate of drug-likeness (QED) is 0.281. The molecule has 0 fully saturated rings. The second-order valence-corrected chi connectivity index (χ2v) is 6.79. The predicted octanol–water partition coefficient (Wildman–Crippen LogP) is 4.18. The average molecular weight is 540 g/mol. The molecule has 7 heteroatoms. The Morgan fingerprint density at radius 1 is 1.00 bits per heavy atom. The lowest BCUT2D eigenvalue weighted by molar-refractivity contribution is 0.677. The summed E-state index contributed by atoms with van der Waals surface area (Å²) in [7, 11) is 1.78. The number of benzene rings is 2. The lowest BCUT2D eigenvalue weighted by Gasteiger charge is -2.14. The minimum atomic E-state index is 0. The van der Waals surface area contributed by atoms with Gasteiger partial charge in [0.05, 0.1) is 6.54 Å². The van der Waals surface area contributed by atoms with Crippen LogP contribution >= 0.6 is 39.9 Å². The van der Waals surface area contributed by atoms with Gasteiger partial charge in [-0.15, -0.1) is 24.0 Å². The number of aliphatic imine (C=N–C) groups is 1. The fraction of sp³-hybridized carbons (Fsp3) is 0.200. The Bertz CT molecular complexity index is 847. The molecule has 0 spiro atoms. The van der Waals surface area contributed by atoms with E-state index in [1.165, 1.54) is 16.7 Å². The number of aromatic nitrogens is 2. The molecule has 5 nitrogen and oxygen atoms in total. The Labute approximate surface area is 185 Å². The molecule has 2 N–H and O–H groups in total. The summed E-state index contributed by atoms with van der Waals surface area (Å²) in [6, 6.07) is 18.6. The van der Waals surface area contributed by atoms with Crippen molar-refractivity contribution in [3.05, 3.63) is 88.2 Å². The van der Waals surface area contributed by atoms with Gasteiger partial charge in [0, 0.05) is 37.0 Å². The molecule has 2 aromatic carbocycles. The van der Waals surface area contributed by atoms with Crippen LogP contribution in [0.25, 0.3) is 0 Å². The molecule has 0 radical (unpaired) electrons. The summed E-state index contributed by atoms with van der Waals surface area (Å²) in [5, 5.41) is 11.0. The first-order valence-corrected chi connectivity index (χ1v) is 9.27. The average Bonchev–Trinajstić information content (AvgIpc) is 3.17. The molecule has 27 heavy (non-hydrogen) atoms. The van der Waals surface area contributed by atoms with Gasteiger partial charge >= 0.3 is 0 Å². The lowest BCUT2D eigenvalue weighted by Crippen LogP contribution is -2.36. The number of rotatable bonds is 6. The monoisotopic (exact) mass is 539 g/mol. The summed E-state index contributed by atoms with van der Waals surface area (Å²) in [6.45, 7) is 2.19. The molecule has 0 aliphatic carbocycles. The molecule has 3 rings (SSSR count). The van der Waals surface area contributed by atoms with Crippen LogP contribution in [-0.4, -0.2) is 22.8 Å². The van der Waals surface area contributed by atoms with Crippen molar-refractivity contribution in [2.24, 2.45) is 4.99 Å². The second kappa shape index (κ2) is 11.1. The van der Waals surface area contributed by atoms with Crippen LogP contribution in [0.1, 0.15) is 16.7 Å². The van der Waals surface area contributed by atoms with Crippen molar-refractivity contribution in [2.75, 3.05) is 7.05 Å². The summed E-state index contributed by atoms with van der Waals surface area (Å²) in [6.07, 6.45) is 3.78. The van der Waals surface area contributed by atoms with Crippen LogP contribution in [0, 0.1) is 0 Å². The van der Waals surface area contributed by atoms with E-state index >= 15 is 0 Å². The van der Waals surface area contributed by atoms with E-state index < -0.39 is 0 Å². The summed E-state index contributed by atoms with van der Waals surface area (Å²) < 4.78 is 3.01. The predicted molar refractivity (Wildman–Crippen MR) is 124 cm³/mol. The molecule has 3 aromatic rings. The molecule has 0 saturated heterocycles. The van der Waals surface area contributed by atoms with E-state index in [4.69, 9.17) is 0 Å². The van der Waals surface area contributed by atoms with Crippen LogP contribution in [0.15, 0.2) is 76.5 Å².